The Morgan fingerprint density at radius 3 is 1.80 bits per heavy atom. The van der Waals surface area contributed by atoms with Gasteiger partial charge in [-0.3, -0.25) is 9.55 Å². The fourth-order valence-electron chi connectivity index (χ4n) is 6.28. The molecule has 40 heavy (non-hydrogen) atoms. The van der Waals surface area contributed by atoms with E-state index >= 15 is 0 Å². The second kappa shape index (κ2) is 8.01. The summed E-state index contributed by atoms with van der Waals surface area (Å²) in [7, 11) is 0. The Kier molecular flexibility index (Phi) is 4.30. The largest absolute Gasteiger partial charge is 0.306 e. The van der Waals surface area contributed by atoms with Crippen molar-refractivity contribution in [3.63, 3.8) is 0 Å². The van der Waals surface area contributed by atoms with Crippen molar-refractivity contribution in [1.82, 2.24) is 19.1 Å². The molecular formula is C36H22N4. The Hall–Kier alpha value is -5.48. The summed E-state index contributed by atoms with van der Waals surface area (Å²) in [6.45, 7) is 0. The van der Waals surface area contributed by atoms with Crippen molar-refractivity contribution in [2.45, 2.75) is 0 Å². The van der Waals surface area contributed by atoms with Crippen LogP contribution in [0.3, 0.4) is 0 Å². The monoisotopic (exact) mass is 510 g/mol. The molecule has 4 heteroatoms. The van der Waals surface area contributed by atoms with Gasteiger partial charge in [-0.1, -0.05) is 78.9 Å². The summed E-state index contributed by atoms with van der Waals surface area (Å²) in [5, 5.41) is 7.18. The first kappa shape index (κ1) is 21.5. The minimum absolute atomic E-state index is 0.904. The van der Waals surface area contributed by atoms with Crippen molar-refractivity contribution in [2.24, 2.45) is 0 Å². The Morgan fingerprint density at radius 2 is 1.05 bits per heavy atom. The molecule has 0 saturated carbocycles. The van der Waals surface area contributed by atoms with Crippen LogP contribution in [-0.4, -0.2) is 19.1 Å². The SMILES string of the molecule is c1ccc2cc(-n3c4cccnc4c4nc5c(cc43)c3ccccc3n5-c3ccc4ccccc4c3)ccc2c1. The number of fused-ring (bicyclic) bond motifs is 8. The molecule has 0 aliphatic heterocycles. The summed E-state index contributed by atoms with van der Waals surface area (Å²) in [6, 6.07) is 45.3. The molecular weight excluding hydrogens is 488 g/mol. The van der Waals surface area contributed by atoms with Crippen molar-refractivity contribution in [3.05, 3.63) is 134 Å². The second-order valence-corrected chi connectivity index (χ2v) is 10.3. The van der Waals surface area contributed by atoms with E-state index < -0.39 is 0 Å². The summed E-state index contributed by atoms with van der Waals surface area (Å²) in [5.41, 5.74) is 8.19. The lowest BCUT2D eigenvalue weighted by Crippen LogP contribution is -1.97. The van der Waals surface area contributed by atoms with E-state index in [1.807, 2.05) is 12.3 Å². The van der Waals surface area contributed by atoms with Crippen molar-refractivity contribution in [1.29, 1.82) is 0 Å². The topological polar surface area (TPSA) is 35.6 Å². The third-order valence-corrected chi connectivity index (χ3v) is 8.10. The van der Waals surface area contributed by atoms with Gasteiger partial charge in [-0.15, -0.1) is 0 Å². The van der Waals surface area contributed by atoms with Gasteiger partial charge in [0.15, 0.2) is 0 Å². The zero-order chi connectivity index (χ0) is 26.2. The molecule has 186 valence electrons. The van der Waals surface area contributed by atoms with Gasteiger partial charge >= 0.3 is 0 Å². The van der Waals surface area contributed by atoms with E-state index in [-0.39, 0.29) is 0 Å². The van der Waals surface area contributed by atoms with Gasteiger partial charge in [0.05, 0.1) is 16.6 Å². The fraction of sp³-hybridized carbons (Fsp3) is 0. The van der Waals surface area contributed by atoms with Crippen LogP contribution in [-0.2, 0) is 0 Å². The molecule has 4 nitrogen and oxygen atoms in total. The van der Waals surface area contributed by atoms with Crippen LogP contribution >= 0.6 is 0 Å². The lowest BCUT2D eigenvalue weighted by Gasteiger charge is -2.10. The summed E-state index contributed by atoms with van der Waals surface area (Å²) in [4.78, 5) is 10.2. The number of benzene rings is 5. The molecule has 9 rings (SSSR count). The number of rotatable bonds is 2. The second-order valence-electron chi connectivity index (χ2n) is 10.3. The highest BCUT2D eigenvalue weighted by atomic mass is 15.1. The summed E-state index contributed by atoms with van der Waals surface area (Å²) in [6.07, 6.45) is 1.86. The van der Waals surface area contributed by atoms with Gasteiger partial charge in [-0.25, -0.2) is 4.98 Å². The number of pyridine rings is 2. The lowest BCUT2D eigenvalue weighted by atomic mass is 10.1. The van der Waals surface area contributed by atoms with E-state index in [0.717, 1.165) is 50.0 Å². The number of aromatic nitrogens is 4. The van der Waals surface area contributed by atoms with Gasteiger partial charge in [0.2, 0.25) is 0 Å². The molecule has 0 aliphatic carbocycles. The number of hydrogen-bond donors (Lipinski definition) is 0. The molecule has 5 aromatic carbocycles. The van der Waals surface area contributed by atoms with E-state index in [0.29, 0.717) is 0 Å². The molecule has 0 amide bonds. The van der Waals surface area contributed by atoms with E-state index in [4.69, 9.17) is 9.97 Å². The Bertz CT molecular complexity index is 2270. The molecule has 0 unspecified atom stereocenters. The van der Waals surface area contributed by atoms with Crippen LogP contribution in [0.5, 0.6) is 0 Å². The van der Waals surface area contributed by atoms with Crippen LogP contribution in [0.15, 0.2) is 134 Å². The van der Waals surface area contributed by atoms with Gasteiger partial charge in [0.25, 0.3) is 0 Å². The smallest absolute Gasteiger partial charge is 0.146 e. The van der Waals surface area contributed by atoms with Crippen LogP contribution in [0, 0.1) is 0 Å². The molecule has 9 aromatic rings. The zero-order valence-electron chi connectivity index (χ0n) is 21.5. The molecule has 0 fully saturated rings. The van der Waals surface area contributed by atoms with Crippen molar-refractivity contribution in [2.75, 3.05) is 0 Å². The first-order chi connectivity index (χ1) is 19.8. The van der Waals surface area contributed by atoms with Gasteiger partial charge in [-0.2, -0.15) is 0 Å². The van der Waals surface area contributed by atoms with E-state index in [9.17, 15) is 0 Å². The Balaban J connectivity index is 1.41. The standard InChI is InChI=1S/C36H22N4/c1-3-10-25-20-27(17-15-23(25)8-1)39-32-14-7-19-37-34(32)35-33(39)22-30-29-12-5-6-13-31(29)40(36(30)38-35)28-18-16-24-9-2-4-11-26(24)21-28/h1-22H. The molecule has 0 spiro atoms. The fourth-order valence-corrected chi connectivity index (χ4v) is 6.28. The Morgan fingerprint density at radius 1 is 0.425 bits per heavy atom. The normalized spacial score (nSPS) is 12.0. The molecule has 0 atom stereocenters. The van der Waals surface area contributed by atoms with Gasteiger partial charge < -0.3 is 4.57 Å². The average Bonchev–Trinajstić information content (AvgIpc) is 3.51. The molecule has 0 radical (unpaired) electrons. The molecule has 0 bridgehead atoms. The highest BCUT2D eigenvalue weighted by molar-refractivity contribution is 6.15. The summed E-state index contributed by atoms with van der Waals surface area (Å²) in [5.74, 6) is 0. The molecule has 0 N–H and O–H groups in total. The van der Waals surface area contributed by atoms with Crippen LogP contribution in [0.2, 0.25) is 0 Å². The Labute approximate surface area is 229 Å². The van der Waals surface area contributed by atoms with Crippen LogP contribution in [0.1, 0.15) is 0 Å². The quantitative estimate of drug-likeness (QED) is 0.233. The van der Waals surface area contributed by atoms with E-state index in [1.165, 1.54) is 26.9 Å². The number of para-hydroxylation sites is 1. The highest BCUT2D eigenvalue weighted by Gasteiger charge is 2.20. The predicted octanol–water partition coefficient (Wildman–Crippen LogP) is 8.98. The maximum atomic E-state index is 5.39. The average molecular weight is 511 g/mol. The molecule has 4 aromatic heterocycles. The summed E-state index contributed by atoms with van der Waals surface area (Å²) >= 11 is 0. The van der Waals surface area contributed by atoms with Crippen molar-refractivity contribution >= 4 is 65.5 Å². The first-order valence-corrected chi connectivity index (χ1v) is 13.5. The minimum Gasteiger partial charge on any atom is -0.306 e. The molecule has 0 saturated heterocycles. The minimum atomic E-state index is 0.904. The summed E-state index contributed by atoms with van der Waals surface area (Å²) < 4.78 is 4.59. The molecule has 0 aliphatic rings. The lowest BCUT2D eigenvalue weighted by molar-refractivity contribution is 1.15. The van der Waals surface area contributed by atoms with Crippen molar-refractivity contribution in [3.8, 4) is 11.4 Å². The predicted molar refractivity (Wildman–Crippen MR) is 166 cm³/mol. The third-order valence-electron chi connectivity index (χ3n) is 8.10. The number of nitrogens with zero attached hydrogens (tertiary/aromatic N) is 4. The van der Waals surface area contributed by atoms with Gasteiger partial charge in [0.1, 0.15) is 16.7 Å². The number of hydrogen-bond acceptors (Lipinski definition) is 2. The highest BCUT2D eigenvalue weighted by Crippen LogP contribution is 2.37. The van der Waals surface area contributed by atoms with E-state index in [1.54, 1.807) is 0 Å². The maximum absolute atomic E-state index is 5.39. The zero-order valence-corrected chi connectivity index (χ0v) is 21.5. The van der Waals surface area contributed by atoms with Gasteiger partial charge in [0, 0.05) is 28.3 Å². The van der Waals surface area contributed by atoms with Crippen LogP contribution < -0.4 is 0 Å². The van der Waals surface area contributed by atoms with Crippen molar-refractivity contribution < 1.29 is 0 Å². The van der Waals surface area contributed by atoms with Gasteiger partial charge in [-0.05, 0) is 70.1 Å². The van der Waals surface area contributed by atoms with E-state index in [2.05, 4.69) is 130 Å². The maximum Gasteiger partial charge on any atom is 0.146 e. The first-order valence-electron chi connectivity index (χ1n) is 13.5. The van der Waals surface area contributed by atoms with Crippen LogP contribution in [0.4, 0.5) is 0 Å². The van der Waals surface area contributed by atoms with Crippen LogP contribution in [0.25, 0.3) is 76.9 Å². The third kappa shape index (κ3) is 2.96. The molecule has 4 heterocycles.